The quantitative estimate of drug-likeness (QED) is 0.240. The number of hydrogen-bond donors (Lipinski definition) is 0. The van der Waals surface area contributed by atoms with E-state index in [-0.39, 0.29) is 36.3 Å². The van der Waals surface area contributed by atoms with Gasteiger partial charge in [-0.05, 0) is 22.6 Å². The van der Waals surface area contributed by atoms with Crippen LogP contribution in [0.4, 0.5) is 0 Å². The minimum Gasteiger partial charge on any atom is -0.474 e. The highest BCUT2D eigenvalue weighted by Crippen LogP contribution is 2.31. The highest BCUT2D eigenvalue weighted by atomic mass is 35.5. The fourth-order valence-corrected chi connectivity index (χ4v) is 5.01. The SMILES string of the molecule is CC(C)(C)c1cc2ncnn2nc1OCCOCCN1CCN(C(c2ccccc2)c2ccccc2)CC1.Cl.Cl. The molecule has 0 bridgehead atoms. The Morgan fingerprint density at radius 2 is 1.45 bits per heavy atom. The monoisotopic (exact) mass is 586 g/mol. The maximum atomic E-state index is 6.01. The van der Waals surface area contributed by atoms with Crippen molar-refractivity contribution < 1.29 is 9.47 Å². The molecule has 2 aromatic carbocycles. The van der Waals surface area contributed by atoms with E-state index in [0.29, 0.717) is 25.7 Å². The van der Waals surface area contributed by atoms with Gasteiger partial charge in [0.05, 0.1) is 19.3 Å². The Morgan fingerprint density at radius 1 is 0.825 bits per heavy atom. The van der Waals surface area contributed by atoms with Crippen molar-refractivity contribution in [3.63, 3.8) is 0 Å². The van der Waals surface area contributed by atoms with E-state index >= 15 is 0 Å². The number of fused-ring (bicyclic) bond motifs is 1. The average molecular weight is 588 g/mol. The fourth-order valence-electron chi connectivity index (χ4n) is 5.01. The first-order chi connectivity index (χ1) is 18.5. The normalized spacial score (nSPS) is 14.6. The molecule has 1 aliphatic rings. The number of halogens is 2. The summed E-state index contributed by atoms with van der Waals surface area (Å²) in [7, 11) is 0. The van der Waals surface area contributed by atoms with E-state index in [0.717, 1.165) is 43.9 Å². The van der Waals surface area contributed by atoms with Gasteiger partial charge < -0.3 is 9.47 Å². The number of aromatic nitrogens is 4. The van der Waals surface area contributed by atoms with E-state index in [4.69, 9.17) is 9.47 Å². The number of benzene rings is 2. The zero-order chi connectivity index (χ0) is 26.4. The summed E-state index contributed by atoms with van der Waals surface area (Å²) < 4.78 is 13.4. The van der Waals surface area contributed by atoms with Crippen LogP contribution in [0.15, 0.2) is 73.1 Å². The first kappa shape index (κ1) is 31.8. The second kappa shape index (κ2) is 14.8. The molecule has 0 spiro atoms. The van der Waals surface area contributed by atoms with Crippen LogP contribution in [0.5, 0.6) is 5.88 Å². The summed E-state index contributed by atoms with van der Waals surface area (Å²) in [6.07, 6.45) is 1.50. The van der Waals surface area contributed by atoms with E-state index in [9.17, 15) is 0 Å². The van der Waals surface area contributed by atoms with Crippen molar-refractivity contribution in [2.45, 2.75) is 32.2 Å². The molecular weight excluding hydrogens is 547 g/mol. The molecule has 0 saturated carbocycles. The number of nitrogens with zero attached hydrogens (tertiary/aromatic N) is 6. The first-order valence-corrected chi connectivity index (χ1v) is 13.5. The summed E-state index contributed by atoms with van der Waals surface area (Å²) in [5, 5.41) is 8.65. The van der Waals surface area contributed by atoms with Crippen LogP contribution in [0.1, 0.15) is 43.5 Å². The Kier molecular flexibility index (Phi) is 11.7. The third-order valence-corrected chi connectivity index (χ3v) is 7.07. The van der Waals surface area contributed by atoms with Gasteiger partial charge in [-0.2, -0.15) is 0 Å². The topological polar surface area (TPSA) is 68.0 Å². The first-order valence-electron chi connectivity index (χ1n) is 13.5. The Bertz CT molecular complexity index is 1250. The highest BCUT2D eigenvalue weighted by molar-refractivity contribution is 5.85. The predicted octanol–water partition coefficient (Wildman–Crippen LogP) is 5.07. The van der Waals surface area contributed by atoms with Crippen molar-refractivity contribution in [1.29, 1.82) is 0 Å². The molecule has 40 heavy (non-hydrogen) atoms. The molecular formula is C30H40Cl2N6O2. The van der Waals surface area contributed by atoms with Crippen molar-refractivity contribution in [1.82, 2.24) is 29.6 Å². The molecule has 0 aliphatic carbocycles. The van der Waals surface area contributed by atoms with E-state index < -0.39 is 0 Å². The lowest BCUT2D eigenvalue weighted by molar-refractivity contribution is 0.0545. The van der Waals surface area contributed by atoms with Gasteiger partial charge in [-0.25, -0.2) is 4.98 Å². The van der Waals surface area contributed by atoms with Crippen molar-refractivity contribution in [3.05, 3.63) is 89.7 Å². The summed E-state index contributed by atoms with van der Waals surface area (Å²) >= 11 is 0. The molecule has 216 valence electrons. The minimum absolute atomic E-state index is 0. The summed E-state index contributed by atoms with van der Waals surface area (Å²) in [4.78, 5) is 9.33. The molecule has 0 radical (unpaired) electrons. The van der Waals surface area contributed by atoms with Gasteiger partial charge in [0.1, 0.15) is 12.9 Å². The van der Waals surface area contributed by atoms with Gasteiger partial charge >= 0.3 is 0 Å². The Labute approximate surface area is 249 Å². The third kappa shape index (κ3) is 7.92. The molecule has 2 aromatic heterocycles. The molecule has 0 unspecified atom stereocenters. The van der Waals surface area contributed by atoms with Gasteiger partial charge in [0.25, 0.3) is 0 Å². The summed E-state index contributed by atoms with van der Waals surface area (Å²) in [6, 6.07) is 24.0. The highest BCUT2D eigenvalue weighted by Gasteiger charge is 2.26. The van der Waals surface area contributed by atoms with Crippen molar-refractivity contribution >= 4 is 30.5 Å². The van der Waals surface area contributed by atoms with Crippen LogP contribution in [0, 0.1) is 0 Å². The number of hydrogen-bond acceptors (Lipinski definition) is 7. The number of ether oxygens (including phenoxy) is 2. The van der Waals surface area contributed by atoms with Gasteiger partial charge in [0.15, 0.2) is 5.65 Å². The maximum absolute atomic E-state index is 6.01. The van der Waals surface area contributed by atoms with E-state index in [1.807, 2.05) is 6.07 Å². The zero-order valence-electron chi connectivity index (χ0n) is 23.5. The molecule has 1 saturated heterocycles. The lowest BCUT2D eigenvalue weighted by Gasteiger charge is -2.39. The van der Waals surface area contributed by atoms with E-state index in [1.54, 1.807) is 0 Å². The Balaban J connectivity index is 0.00000220. The van der Waals surface area contributed by atoms with Crippen LogP contribution in [0.25, 0.3) is 5.65 Å². The van der Waals surface area contributed by atoms with Crippen LogP contribution in [-0.2, 0) is 10.2 Å². The largest absolute Gasteiger partial charge is 0.474 e. The van der Waals surface area contributed by atoms with Crippen LogP contribution >= 0.6 is 24.8 Å². The van der Waals surface area contributed by atoms with Crippen molar-refractivity contribution in [3.8, 4) is 5.88 Å². The molecule has 1 aliphatic heterocycles. The second-order valence-electron chi connectivity index (χ2n) is 10.8. The molecule has 0 amide bonds. The predicted molar refractivity (Wildman–Crippen MR) is 163 cm³/mol. The smallest absolute Gasteiger partial charge is 0.237 e. The number of rotatable bonds is 10. The molecule has 0 N–H and O–H groups in total. The van der Waals surface area contributed by atoms with Crippen molar-refractivity contribution in [2.75, 3.05) is 52.5 Å². The molecule has 5 rings (SSSR count). The van der Waals surface area contributed by atoms with Gasteiger partial charge in [0.2, 0.25) is 5.88 Å². The van der Waals surface area contributed by atoms with Gasteiger partial charge in [-0.15, -0.1) is 39.6 Å². The maximum Gasteiger partial charge on any atom is 0.237 e. The van der Waals surface area contributed by atoms with Crippen molar-refractivity contribution in [2.24, 2.45) is 0 Å². The van der Waals surface area contributed by atoms with Crippen LogP contribution in [-0.4, -0.2) is 82.2 Å². The molecule has 10 heteroatoms. The molecule has 0 atom stereocenters. The van der Waals surface area contributed by atoms with Crippen LogP contribution < -0.4 is 4.74 Å². The molecule has 4 aromatic rings. The fraction of sp³-hybridized carbons (Fsp3) is 0.433. The summed E-state index contributed by atoms with van der Waals surface area (Å²) in [5.41, 5.74) is 4.32. The third-order valence-electron chi connectivity index (χ3n) is 7.07. The zero-order valence-corrected chi connectivity index (χ0v) is 25.1. The van der Waals surface area contributed by atoms with E-state index in [2.05, 4.69) is 106 Å². The lowest BCUT2D eigenvalue weighted by Crippen LogP contribution is -2.48. The van der Waals surface area contributed by atoms with Gasteiger partial charge in [-0.3, -0.25) is 9.80 Å². The number of piperazine rings is 1. The Morgan fingerprint density at radius 3 is 2.05 bits per heavy atom. The molecule has 1 fully saturated rings. The Hall–Kier alpha value is -2.75. The standard InChI is InChI=1S/C30H38N6O2.2ClH/c1-30(2,3)26-22-27-31-23-32-36(27)33-29(26)38-21-20-37-19-18-34-14-16-35(17-15-34)28(24-10-6-4-7-11-24)25-12-8-5-9-13-25;;/h4-13,22-23,28H,14-21H2,1-3H3;2*1H. The molecule has 8 nitrogen and oxygen atoms in total. The minimum atomic E-state index is -0.112. The van der Waals surface area contributed by atoms with Crippen LogP contribution in [0.3, 0.4) is 0 Å². The second-order valence-corrected chi connectivity index (χ2v) is 10.8. The average Bonchev–Trinajstić information content (AvgIpc) is 3.39. The van der Waals surface area contributed by atoms with E-state index in [1.165, 1.54) is 22.1 Å². The summed E-state index contributed by atoms with van der Waals surface area (Å²) in [5.74, 6) is 0.585. The van der Waals surface area contributed by atoms with Gasteiger partial charge in [0, 0.05) is 38.3 Å². The van der Waals surface area contributed by atoms with Crippen LogP contribution in [0.2, 0.25) is 0 Å². The van der Waals surface area contributed by atoms with Gasteiger partial charge in [-0.1, -0.05) is 81.4 Å². The summed E-state index contributed by atoms with van der Waals surface area (Å²) in [6.45, 7) is 13.1. The molecule has 3 heterocycles. The lowest BCUT2D eigenvalue weighted by atomic mass is 9.88.